The Labute approximate surface area is 164 Å². The van der Waals surface area contributed by atoms with Crippen molar-refractivity contribution >= 4 is 27.5 Å². The van der Waals surface area contributed by atoms with E-state index in [-0.39, 0.29) is 11.8 Å². The number of aromatic nitrogens is 2. The fourth-order valence-electron chi connectivity index (χ4n) is 3.19. The van der Waals surface area contributed by atoms with Gasteiger partial charge >= 0.3 is 0 Å². The minimum atomic E-state index is 0.0197. The van der Waals surface area contributed by atoms with Gasteiger partial charge in [0, 0.05) is 18.0 Å². The zero-order valence-electron chi connectivity index (χ0n) is 16.1. The molecule has 0 fully saturated rings. The van der Waals surface area contributed by atoms with Crippen LogP contribution in [0.15, 0.2) is 60.7 Å². The summed E-state index contributed by atoms with van der Waals surface area (Å²) in [6.45, 7) is 4.81. The number of phenolic OH excluding ortho intramolecular Hbond substituents is 1. The lowest BCUT2D eigenvalue weighted by molar-refractivity contribution is 0.477. The lowest BCUT2D eigenvalue weighted by Crippen LogP contribution is -2.34. The highest BCUT2D eigenvalue weighted by Crippen LogP contribution is 2.33. The Hall–Kier alpha value is -3.18. The van der Waals surface area contributed by atoms with Crippen LogP contribution in [0.5, 0.6) is 5.75 Å². The first kappa shape index (κ1) is 18.2. The summed E-state index contributed by atoms with van der Waals surface area (Å²) in [6, 6.07) is 19.5. The molecule has 1 aromatic heterocycles. The molecule has 0 aliphatic carbocycles. The van der Waals surface area contributed by atoms with Gasteiger partial charge in [-0.1, -0.05) is 50.2 Å². The third-order valence-corrected chi connectivity index (χ3v) is 5.07. The van der Waals surface area contributed by atoms with Crippen molar-refractivity contribution in [1.29, 1.82) is 0 Å². The van der Waals surface area contributed by atoms with Crippen LogP contribution in [0.25, 0.3) is 33.1 Å². The van der Waals surface area contributed by atoms with Crippen molar-refractivity contribution in [3.63, 3.8) is 0 Å². The Kier molecular flexibility index (Phi) is 4.84. The predicted molar refractivity (Wildman–Crippen MR) is 115 cm³/mol. The quantitative estimate of drug-likeness (QED) is 0.479. The molecule has 3 aromatic carbocycles. The normalized spacial score (nSPS) is 12.6. The minimum Gasteiger partial charge on any atom is -0.507 e. The predicted octanol–water partition coefficient (Wildman–Crippen LogP) is 4.55. The number of hydrogen-bond donors (Lipinski definition) is 3. The number of fused-ring (bicyclic) bond motifs is 2. The van der Waals surface area contributed by atoms with E-state index in [1.807, 2.05) is 54.6 Å². The van der Waals surface area contributed by atoms with Crippen molar-refractivity contribution in [3.8, 4) is 17.1 Å². The van der Waals surface area contributed by atoms with Crippen LogP contribution in [0, 0.1) is 5.92 Å². The molecule has 4 aromatic rings. The molecule has 4 N–H and O–H groups in total. The largest absolute Gasteiger partial charge is 0.507 e. The third kappa shape index (κ3) is 3.49. The van der Waals surface area contributed by atoms with Gasteiger partial charge in [-0.3, -0.25) is 0 Å². The van der Waals surface area contributed by atoms with Gasteiger partial charge in [-0.2, -0.15) is 0 Å². The van der Waals surface area contributed by atoms with Crippen molar-refractivity contribution in [2.75, 3.05) is 11.9 Å². The van der Waals surface area contributed by atoms with Crippen LogP contribution in [0.4, 0.5) is 5.82 Å². The Morgan fingerprint density at radius 2 is 1.64 bits per heavy atom. The molecular formula is C23H24N4O. The first-order chi connectivity index (χ1) is 13.5. The lowest BCUT2D eigenvalue weighted by Gasteiger charge is -2.18. The van der Waals surface area contributed by atoms with E-state index in [0.29, 0.717) is 23.9 Å². The van der Waals surface area contributed by atoms with Crippen molar-refractivity contribution in [3.05, 3.63) is 60.7 Å². The molecule has 0 saturated carbocycles. The Morgan fingerprint density at radius 3 is 2.39 bits per heavy atom. The molecule has 1 atom stereocenters. The highest BCUT2D eigenvalue weighted by Gasteiger charge is 2.15. The summed E-state index contributed by atoms with van der Waals surface area (Å²) in [5.41, 5.74) is 7.63. The van der Waals surface area contributed by atoms with Gasteiger partial charge in [-0.15, -0.1) is 0 Å². The molecule has 0 bridgehead atoms. The number of rotatable bonds is 5. The van der Waals surface area contributed by atoms with Gasteiger partial charge in [0.05, 0.1) is 11.1 Å². The van der Waals surface area contributed by atoms with Gasteiger partial charge in [0.2, 0.25) is 0 Å². The maximum Gasteiger partial charge on any atom is 0.165 e. The number of benzene rings is 3. The van der Waals surface area contributed by atoms with Gasteiger partial charge in [0.15, 0.2) is 5.82 Å². The highest BCUT2D eigenvalue weighted by molar-refractivity contribution is 5.93. The fourth-order valence-corrected chi connectivity index (χ4v) is 3.19. The Bertz CT molecular complexity index is 1140. The Balaban J connectivity index is 1.83. The molecule has 0 saturated heterocycles. The van der Waals surface area contributed by atoms with E-state index in [2.05, 4.69) is 19.2 Å². The maximum atomic E-state index is 10.6. The summed E-state index contributed by atoms with van der Waals surface area (Å²) in [6.07, 6.45) is 0. The maximum absolute atomic E-state index is 10.6. The van der Waals surface area contributed by atoms with E-state index in [4.69, 9.17) is 15.7 Å². The van der Waals surface area contributed by atoms with Crippen molar-refractivity contribution in [2.24, 2.45) is 11.7 Å². The van der Waals surface area contributed by atoms with Gasteiger partial charge in [-0.05, 0) is 41.0 Å². The molecule has 142 valence electrons. The van der Waals surface area contributed by atoms with Crippen LogP contribution in [0.3, 0.4) is 0 Å². The SMILES string of the molecule is CC(C)C(N)CNc1nc(-c2cc3ccccc3cc2O)nc2ccccc12. The number of hydrogen-bond acceptors (Lipinski definition) is 5. The highest BCUT2D eigenvalue weighted by atomic mass is 16.3. The van der Waals surface area contributed by atoms with Crippen LogP contribution < -0.4 is 11.1 Å². The number of nitrogens with one attached hydrogen (secondary N) is 1. The fraction of sp³-hybridized carbons (Fsp3) is 0.217. The van der Waals surface area contributed by atoms with Crippen molar-refractivity contribution < 1.29 is 5.11 Å². The molecule has 0 aliphatic rings. The average molecular weight is 372 g/mol. The molecular weight excluding hydrogens is 348 g/mol. The van der Waals surface area contributed by atoms with Crippen LogP contribution in [0.1, 0.15) is 13.8 Å². The second-order valence-corrected chi connectivity index (χ2v) is 7.42. The van der Waals surface area contributed by atoms with E-state index in [9.17, 15) is 5.11 Å². The molecule has 4 rings (SSSR count). The van der Waals surface area contributed by atoms with Crippen LogP contribution in [-0.4, -0.2) is 27.7 Å². The smallest absolute Gasteiger partial charge is 0.165 e. The number of para-hydroxylation sites is 1. The van der Waals surface area contributed by atoms with Gasteiger partial charge in [-0.25, -0.2) is 9.97 Å². The average Bonchev–Trinajstić information content (AvgIpc) is 2.70. The number of aromatic hydroxyl groups is 1. The first-order valence-corrected chi connectivity index (χ1v) is 9.51. The monoisotopic (exact) mass is 372 g/mol. The molecule has 0 aliphatic heterocycles. The Morgan fingerprint density at radius 1 is 0.964 bits per heavy atom. The number of nitrogens with two attached hydrogens (primary N) is 1. The molecule has 0 amide bonds. The zero-order chi connectivity index (χ0) is 19.7. The molecule has 1 heterocycles. The minimum absolute atomic E-state index is 0.0197. The van der Waals surface area contributed by atoms with Crippen LogP contribution in [0.2, 0.25) is 0 Å². The molecule has 5 heteroatoms. The third-order valence-electron chi connectivity index (χ3n) is 5.07. The second kappa shape index (κ2) is 7.44. The zero-order valence-corrected chi connectivity index (χ0v) is 16.1. The summed E-state index contributed by atoms with van der Waals surface area (Å²) >= 11 is 0. The first-order valence-electron chi connectivity index (χ1n) is 9.51. The van der Waals surface area contributed by atoms with Crippen molar-refractivity contribution in [2.45, 2.75) is 19.9 Å². The van der Waals surface area contributed by atoms with E-state index in [0.717, 1.165) is 27.5 Å². The summed E-state index contributed by atoms with van der Waals surface area (Å²) in [5.74, 6) is 1.75. The molecule has 28 heavy (non-hydrogen) atoms. The standard InChI is InChI=1S/C23H24N4O/c1-14(2)19(24)13-25-22-17-9-5-6-10-20(17)26-23(27-22)18-11-15-7-3-4-8-16(15)12-21(18)28/h3-12,14,19,28H,13,24H2,1-2H3,(H,25,26,27). The van der Waals surface area contributed by atoms with Gasteiger partial charge in [0.1, 0.15) is 11.6 Å². The number of nitrogens with zero attached hydrogens (tertiary/aromatic N) is 2. The number of anilines is 1. The van der Waals surface area contributed by atoms with Crippen LogP contribution in [-0.2, 0) is 0 Å². The van der Waals surface area contributed by atoms with Crippen molar-refractivity contribution in [1.82, 2.24) is 9.97 Å². The summed E-state index contributed by atoms with van der Waals surface area (Å²) in [4.78, 5) is 9.43. The topological polar surface area (TPSA) is 84.1 Å². The van der Waals surface area contributed by atoms with E-state index >= 15 is 0 Å². The van der Waals surface area contributed by atoms with E-state index in [1.54, 1.807) is 6.07 Å². The molecule has 1 unspecified atom stereocenters. The molecule has 5 nitrogen and oxygen atoms in total. The summed E-state index contributed by atoms with van der Waals surface area (Å²) < 4.78 is 0. The van der Waals surface area contributed by atoms with E-state index < -0.39 is 0 Å². The summed E-state index contributed by atoms with van der Waals surface area (Å²) in [5, 5.41) is 16.9. The lowest BCUT2D eigenvalue weighted by atomic mass is 10.0. The van der Waals surface area contributed by atoms with E-state index in [1.165, 1.54) is 0 Å². The van der Waals surface area contributed by atoms with Gasteiger partial charge < -0.3 is 16.2 Å². The second-order valence-electron chi connectivity index (χ2n) is 7.42. The molecule has 0 radical (unpaired) electrons. The summed E-state index contributed by atoms with van der Waals surface area (Å²) in [7, 11) is 0. The van der Waals surface area contributed by atoms with Crippen LogP contribution >= 0.6 is 0 Å². The van der Waals surface area contributed by atoms with Gasteiger partial charge in [0.25, 0.3) is 0 Å². The molecule has 0 spiro atoms. The number of phenols is 1.